The van der Waals surface area contributed by atoms with Crippen molar-refractivity contribution in [2.24, 2.45) is 11.7 Å². The van der Waals surface area contributed by atoms with Gasteiger partial charge < -0.3 is 16.4 Å². The van der Waals surface area contributed by atoms with Crippen molar-refractivity contribution >= 4 is 40.7 Å². The second kappa shape index (κ2) is 5.89. The number of piperidine rings is 1. The Hall–Kier alpha value is -1.46. The summed E-state index contributed by atoms with van der Waals surface area (Å²) in [5, 5.41) is 0.468. The van der Waals surface area contributed by atoms with Crippen LogP contribution in [0.3, 0.4) is 0 Å². The van der Waals surface area contributed by atoms with E-state index in [2.05, 4.69) is 0 Å². The summed E-state index contributed by atoms with van der Waals surface area (Å²) in [5.41, 5.74) is 11.6. The van der Waals surface area contributed by atoms with Gasteiger partial charge in [-0.2, -0.15) is 0 Å². The monoisotopic (exact) mass is 315 g/mol. The highest BCUT2D eigenvalue weighted by Crippen LogP contribution is 2.30. The highest BCUT2D eigenvalue weighted by molar-refractivity contribution is 6.43. The Morgan fingerprint density at radius 3 is 2.60 bits per heavy atom. The molecule has 108 valence electrons. The van der Waals surface area contributed by atoms with E-state index < -0.39 is 0 Å². The SMILES string of the molecule is NC(=O)C1CCCN(C(=O)c2cc(N)c(Cl)c(Cl)c2)C1. The molecule has 2 amide bonds. The topological polar surface area (TPSA) is 89.4 Å². The molecule has 1 aromatic carbocycles. The number of anilines is 1. The zero-order chi connectivity index (χ0) is 14.9. The molecule has 0 saturated carbocycles. The lowest BCUT2D eigenvalue weighted by atomic mass is 9.97. The summed E-state index contributed by atoms with van der Waals surface area (Å²) in [6.45, 7) is 0.914. The maximum Gasteiger partial charge on any atom is 0.254 e. The molecule has 5 nitrogen and oxygen atoms in total. The maximum absolute atomic E-state index is 12.4. The molecule has 0 aliphatic carbocycles. The first-order valence-corrected chi connectivity index (χ1v) is 6.99. The van der Waals surface area contributed by atoms with Crippen LogP contribution in [0.1, 0.15) is 23.2 Å². The van der Waals surface area contributed by atoms with Crippen LogP contribution in [0.5, 0.6) is 0 Å². The predicted octanol–water partition coefficient (Wildman–Crippen LogP) is 1.91. The summed E-state index contributed by atoms with van der Waals surface area (Å²) in [5.74, 6) is -0.898. The number of carbonyl (C=O) groups excluding carboxylic acids is 2. The maximum atomic E-state index is 12.4. The van der Waals surface area contributed by atoms with Crippen molar-refractivity contribution in [2.75, 3.05) is 18.8 Å². The van der Waals surface area contributed by atoms with E-state index in [0.29, 0.717) is 25.1 Å². The van der Waals surface area contributed by atoms with Crippen LogP contribution >= 0.6 is 23.2 Å². The number of halogens is 2. The zero-order valence-electron chi connectivity index (χ0n) is 10.7. The molecule has 0 spiro atoms. The number of nitrogens with zero attached hydrogens (tertiary/aromatic N) is 1. The van der Waals surface area contributed by atoms with Gasteiger partial charge in [-0.15, -0.1) is 0 Å². The van der Waals surface area contributed by atoms with Gasteiger partial charge in [0.25, 0.3) is 5.91 Å². The van der Waals surface area contributed by atoms with Crippen molar-refractivity contribution in [1.29, 1.82) is 0 Å². The third-order valence-corrected chi connectivity index (χ3v) is 4.23. The van der Waals surface area contributed by atoms with Crippen molar-refractivity contribution in [3.05, 3.63) is 27.7 Å². The summed E-state index contributed by atoms with van der Waals surface area (Å²) in [6.07, 6.45) is 1.46. The van der Waals surface area contributed by atoms with Gasteiger partial charge >= 0.3 is 0 Å². The standard InChI is InChI=1S/C13H15Cl2N3O2/c14-9-4-8(5-10(16)11(9)15)13(20)18-3-1-2-7(6-18)12(17)19/h4-5,7H,1-3,6,16H2,(H2,17,19). The summed E-state index contributed by atoms with van der Waals surface area (Å²) in [4.78, 5) is 25.2. The number of nitrogens with two attached hydrogens (primary N) is 2. The molecular weight excluding hydrogens is 301 g/mol. The predicted molar refractivity (Wildman–Crippen MR) is 78.7 cm³/mol. The van der Waals surface area contributed by atoms with Crippen molar-refractivity contribution < 1.29 is 9.59 Å². The second-order valence-corrected chi connectivity index (χ2v) is 5.64. The molecule has 0 bridgehead atoms. The minimum atomic E-state index is -0.379. The van der Waals surface area contributed by atoms with Crippen molar-refractivity contribution in [3.8, 4) is 0 Å². The lowest BCUT2D eigenvalue weighted by Gasteiger charge is -2.31. The number of hydrogen-bond acceptors (Lipinski definition) is 3. The molecule has 1 aromatic rings. The van der Waals surface area contributed by atoms with Crippen LogP contribution in [-0.2, 0) is 4.79 Å². The Bertz CT molecular complexity index is 540. The van der Waals surface area contributed by atoms with E-state index in [9.17, 15) is 9.59 Å². The third kappa shape index (κ3) is 2.99. The first-order valence-electron chi connectivity index (χ1n) is 6.23. The van der Waals surface area contributed by atoms with Crippen LogP contribution in [0, 0.1) is 5.92 Å². The minimum absolute atomic E-state index is 0.221. The fourth-order valence-electron chi connectivity index (χ4n) is 2.31. The average Bonchev–Trinajstić information content (AvgIpc) is 2.43. The second-order valence-electron chi connectivity index (χ2n) is 4.85. The van der Waals surface area contributed by atoms with Gasteiger partial charge in [-0.1, -0.05) is 23.2 Å². The van der Waals surface area contributed by atoms with Gasteiger partial charge in [-0.05, 0) is 25.0 Å². The molecular formula is C13H15Cl2N3O2. The lowest BCUT2D eigenvalue weighted by Crippen LogP contribution is -2.44. The summed E-state index contributed by atoms with van der Waals surface area (Å²) < 4.78 is 0. The number of rotatable bonds is 2. The molecule has 1 aliphatic heterocycles. The van der Waals surface area contributed by atoms with Gasteiger partial charge in [-0.3, -0.25) is 9.59 Å². The summed E-state index contributed by atoms with van der Waals surface area (Å²) in [6, 6.07) is 2.97. The Morgan fingerprint density at radius 2 is 2.00 bits per heavy atom. The average molecular weight is 316 g/mol. The van der Waals surface area contributed by atoms with Crippen LogP contribution < -0.4 is 11.5 Å². The van der Waals surface area contributed by atoms with E-state index in [1.54, 1.807) is 4.90 Å². The summed E-state index contributed by atoms with van der Waals surface area (Å²) in [7, 11) is 0. The van der Waals surface area contributed by atoms with Crippen LogP contribution in [-0.4, -0.2) is 29.8 Å². The van der Waals surface area contributed by atoms with E-state index in [0.717, 1.165) is 6.42 Å². The zero-order valence-corrected chi connectivity index (χ0v) is 12.2. The number of nitrogen functional groups attached to an aromatic ring is 1. The van der Waals surface area contributed by atoms with E-state index in [1.165, 1.54) is 12.1 Å². The molecule has 0 radical (unpaired) electrons. The Labute approximate surface area is 126 Å². The van der Waals surface area contributed by atoms with Gasteiger partial charge in [0.1, 0.15) is 0 Å². The van der Waals surface area contributed by atoms with Gasteiger partial charge in [0.15, 0.2) is 0 Å². The quantitative estimate of drug-likeness (QED) is 0.817. The van der Waals surface area contributed by atoms with Crippen LogP contribution in [0.15, 0.2) is 12.1 Å². The molecule has 1 atom stereocenters. The molecule has 1 heterocycles. The van der Waals surface area contributed by atoms with Crippen molar-refractivity contribution in [1.82, 2.24) is 4.90 Å². The molecule has 4 N–H and O–H groups in total. The van der Waals surface area contributed by atoms with Crippen molar-refractivity contribution in [3.63, 3.8) is 0 Å². The number of hydrogen-bond donors (Lipinski definition) is 2. The Kier molecular flexibility index (Phi) is 4.40. The first kappa shape index (κ1) is 14.9. The number of likely N-dealkylation sites (tertiary alicyclic amines) is 1. The highest BCUT2D eigenvalue weighted by atomic mass is 35.5. The normalized spacial score (nSPS) is 18.9. The van der Waals surface area contributed by atoms with Gasteiger partial charge in [0.05, 0.1) is 21.7 Å². The number of benzene rings is 1. The molecule has 2 rings (SSSR count). The van der Waals surface area contributed by atoms with E-state index in [-0.39, 0.29) is 33.5 Å². The van der Waals surface area contributed by atoms with Crippen LogP contribution in [0.25, 0.3) is 0 Å². The van der Waals surface area contributed by atoms with Gasteiger partial charge in [-0.25, -0.2) is 0 Å². The first-order chi connectivity index (χ1) is 9.40. The summed E-state index contributed by atoms with van der Waals surface area (Å²) >= 11 is 11.8. The van der Waals surface area contributed by atoms with Gasteiger partial charge in [0.2, 0.25) is 5.91 Å². The van der Waals surface area contributed by atoms with E-state index in [4.69, 9.17) is 34.7 Å². The van der Waals surface area contributed by atoms with Gasteiger partial charge in [0, 0.05) is 18.7 Å². The molecule has 1 unspecified atom stereocenters. The van der Waals surface area contributed by atoms with E-state index >= 15 is 0 Å². The molecule has 0 aromatic heterocycles. The molecule has 1 aliphatic rings. The molecule has 7 heteroatoms. The fourth-order valence-corrected chi connectivity index (χ4v) is 2.65. The lowest BCUT2D eigenvalue weighted by molar-refractivity contribution is -0.123. The van der Waals surface area contributed by atoms with Crippen LogP contribution in [0.2, 0.25) is 10.0 Å². The Morgan fingerprint density at radius 1 is 1.30 bits per heavy atom. The smallest absolute Gasteiger partial charge is 0.254 e. The van der Waals surface area contributed by atoms with Crippen LogP contribution in [0.4, 0.5) is 5.69 Å². The molecule has 1 saturated heterocycles. The fraction of sp³-hybridized carbons (Fsp3) is 0.385. The largest absolute Gasteiger partial charge is 0.397 e. The highest BCUT2D eigenvalue weighted by Gasteiger charge is 2.28. The number of carbonyl (C=O) groups is 2. The Balaban J connectivity index is 2.21. The van der Waals surface area contributed by atoms with Crippen molar-refractivity contribution in [2.45, 2.75) is 12.8 Å². The number of amides is 2. The van der Waals surface area contributed by atoms with E-state index in [1.807, 2.05) is 0 Å². The minimum Gasteiger partial charge on any atom is -0.397 e. The third-order valence-electron chi connectivity index (χ3n) is 3.41. The number of primary amides is 1. The molecule has 20 heavy (non-hydrogen) atoms. The molecule has 1 fully saturated rings.